The Morgan fingerprint density at radius 1 is 1.00 bits per heavy atom. The first-order valence-electron chi connectivity index (χ1n) is 10.1. The van der Waals surface area contributed by atoms with E-state index in [-0.39, 0.29) is 50.7 Å². The van der Waals surface area contributed by atoms with Crippen molar-refractivity contribution < 1.29 is 14.4 Å². The van der Waals surface area contributed by atoms with E-state index in [1.807, 2.05) is 6.92 Å². The van der Waals surface area contributed by atoms with Gasteiger partial charge in [0.1, 0.15) is 0 Å². The molecule has 3 fully saturated rings. The number of rotatable bonds is 3. The first-order chi connectivity index (χ1) is 14.8. The minimum absolute atomic E-state index is 0.121. The van der Waals surface area contributed by atoms with Gasteiger partial charge in [0.15, 0.2) is 0 Å². The minimum atomic E-state index is -0.390. The van der Waals surface area contributed by atoms with Crippen LogP contribution in [-0.2, 0) is 9.59 Å². The molecule has 0 radical (unpaired) electrons. The molecule has 2 aliphatic carbocycles. The molecule has 3 aliphatic rings. The van der Waals surface area contributed by atoms with Crippen molar-refractivity contribution in [2.75, 3.05) is 10.2 Å². The average Bonchev–Trinajstić information content (AvgIpc) is 3.36. The lowest BCUT2D eigenvalue weighted by atomic mass is 9.81. The number of alkyl halides is 2. The van der Waals surface area contributed by atoms with E-state index in [4.69, 9.17) is 11.6 Å². The number of nitrogens with one attached hydrogen (secondary N) is 1. The van der Waals surface area contributed by atoms with Crippen LogP contribution in [0.25, 0.3) is 0 Å². The van der Waals surface area contributed by atoms with Crippen LogP contribution < -0.4 is 10.2 Å². The fourth-order valence-electron chi connectivity index (χ4n) is 5.38. The van der Waals surface area contributed by atoms with Gasteiger partial charge >= 0.3 is 0 Å². The third-order valence-electron chi connectivity index (χ3n) is 6.89. The van der Waals surface area contributed by atoms with E-state index in [0.29, 0.717) is 16.4 Å². The van der Waals surface area contributed by atoms with Gasteiger partial charge in [-0.05, 0) is 55.0 Å². The molecule has 0 spiro atoms. The van der Waals surface area contributed by atoms with Gasteiger partial charge in [-0.15, -0.1) is 0 Å². The molecular formula is C23H19Br2ClN2O3. The van der Waals surface area contributed by atoms with Crippen molar-refractivity contribution in [2.45, 2.75) is 23.0 Å². The summed E-state index contributed by atoms with van der Waals surface area (Å²) in [6.45, 7) is 1.82. The number of nitrogens with zero attached hydrogens (tertiary/aromatic N) is 1. The summed E-state index contributed by atoms with van der Waals surface area (Å²) in [6.07, 6.45) is 0.864. The van der Waals surface area contributed by atoms with Crippen molar-refractivity contribution in [2.24, 2.45) is 23.7 Å². The second-order valence-electron chi connectivity index (χ2n) is 8.40. The van der Waals surface area contributed by atoms with Crippen LogP contribution in [0.15, 0.2) is 42.5 Å². The lowest BCUT2D eigenvalue weighted by molar-refractivity contribution is -0.123. The first-order valence-corrected chi connectivity index (χ1v) is 12.3. The van der Waals surface area contributed by atoms with Crippen molar-refractivity contribution in [3.05, 3.63) is 58.6 Å². The zero-order valence-corrected chi connectivity index (χ0v) is 20.4. The number of benzene rings is 2. The number of carbonyl (C=O) groups is 3. The predicted molar refractivity (Wildman–Crippen MR) is 127 cm³/mol. The van der Waals surface area contributed by atoms with Gasteiger partial charge in [0, 0.05) is 20.4 Å². The molecule has 1 saturated heterocycles. The molecule has 31 heavy (non-hydrogen) atoms. The van der Waals surface area contributed by atoms with E-state index < -0.39 is 5.91 Å². The highest BCUT2D eigenvalue weighted by molar-refractivity contribution is 9.12. The Labute approximate surface area is 201 Å². The predicted octanol–water partition coefficient (Wildman–Crippen LogP) is 5.18. The standard InChI is InChI=1S/C23H19Br2ClN2O3/c1-10-14(26)6-4-7-15(10)27-21(29)11-5-2-3-8-16(11)28-22(30)17-12-9-13(18(17)23(28)31)20(25)19(12)24/h2-8,12-13,17-20H,9H2,1H3,(H,27,29)/t12-,13-,17-,18+,19-,20+/m1/s1. The second kappa shape index (κ2) is 7.71. The van der Waals surface area contributed by atoms with E-state index >= 15 is 0 Å². The number of hydrogen-bond donors (Lipinski definition) is 1. The van der Waals surface area contributed by atoms with Gasteiger partial charge < -0.3 is 5.32 Å². The Balaban J connectivity index is 1.49. The molecule has 6 atom stereocenters. The second-order valence-corrected chi connectivity index (χ2v) is 10.9. The Morgan fingerprint density at radius 2 is 1.61 bits per heavy atom. The number of fused-ring (bicyclic) bond motifs is 5. The van der Waals surface area contributed by atoms with Gasteiger partial charge in [-0.2, -0.15) is 0 Å². The molecule has 5 rings (SSSR count). The van der Waals surface area contributed by atoms with E-state index in [1.54, 1.807) is 42.5 Å². The monoisotopic (exact) mass is 564 g/mol. The number of anilines is 2. The molecule has 2 bridgehead atoms. The topological polar surface area (TPSA) is 66.5 Å². The fraction of sp³-hybridized carbons (Fsp3) is 0.348. The maximum absolute atomic E-state index is 13.4. The molecule has 2 aromatic carbocycles. The summed E-state index contributed by atoms with van der Waals surface area (Å²) >= 11 is 13.6. The summed E-state index contributed by atoms with van der Waals surface area (Å²) in [5.41, 5.74) is 1.95. The van der Waals surface area contributed by atoms with Crippen LogP contribution in [0.5, 0.6) is 0 Å². The molecule has 1 aliphatic heterocycles. The molecule has 0 unspecified atom stereocenters. The van der Waals surface area contributed by atoms with Crippen molar-refractivity contribution in [1.29, 1.82) is 0 Å². The third kappa shape index (κ3) is 3.11. The molecular weight excluding hydrogens is 548 g/mol. The highest BCUT2D eigenvalue weighted by Crippen LogP contribution is 2.60. The van der Waals surface area contributed by atoms with Crippen molar-refractivity contribution in [1.82, 2.24) is 0 Å². The zero-order chi connectivity index (χ0) is 22.0. The lowest BCUT2D eigenvalue weighted by Gasteiger charge is -2.28. The van der Waals surface area contributed by atoms with Crippen molar-refractivity contribution in [3.8, 4) is 0 Å². The number of carbonyl (C=O) groups excluding carboxylic acids is 3. The van der Waals surface area contributed by atoms with Gasteiger partial charge in [0.2, 0.25) is 11.8 Å². The smallest absolute Gasteiger partial charge is 0.257 e. The highest BCUT2D eigenvalue weighted by atomic mass is 79.9. The number of para-hydroxylation sites is 1. The SMILES string of the molecule is Cc1c(Cl)cccc1NC(=O)c1ccccc1N1C(=O)[C@@H]2[C@H]3C[C@@H]([C@H](Br)[C@@H]3Br)[C@@H]2C1=O. The van der Waals surface area contributed by atoms with Crippen LogP contribution in [0.4, 0.5) is 11.4 Å². The van der Waals surface area contributed by atoms with Crippen molar-refractivity contribution >= 4 is 72.6 Å². The molecule has 8 heteroatoms. The third-order valence-corrected chi connectivity index (χ3v) is 10.5. The molecule has 160 valence electrons. The van der Waals surface area contributed by atoms with Crippen molar-refractivity contribution in [3.63, 3.8) is 0 Å². The van der Waals surface area contributed by atoms with Gasteiger partial charge in [-0.25, -0.2) is 4.90 Å². The largest absolute Gasteiger partial charge is 0.322 e. The number of halogens is 3. The van der Waals surface area contributed by atoms with Crippen LogP contribution in [0.1, 0.15) is 22.3 Å². The van der Waals surface area contributed by atoms with E-state index in [2.05, 4.69) is 37.2 Å². The van der Waals surface area contributed by atoms with Crippen LogP contribution in [0.2, 0.25) is 5.02 Å². The van der Waals surface area contributed by atoms with Gasteiger partial charge in [0.25, 0.3) is 5.91 Å². The zero-order valence-electron chi connectivity index (χ0n) is 16.5. The molecule has 3 amide bonds. The number of imide groups is 1. The molecule has 1 heterocycles. The maximum atomic E-state index is 13.4. The molecule has 0 aromatic heterocycles. The summed E-state index contributed by atoms with van der Waals surface area (Å²) in [7, 11) is 0. The first kappa shape index (κ1) is 21.2. The molecule has 2 aromatic rings. The van der Waals surface area contributed by atoms with Crippen LogP contribution in [0, 0.1) is 30.6 Å². The molecule has 5 nitrogen and oxygen atoms in total. The van der Waals surface area contributed by atoms with Crippen LogP contribution >= 0.6 is 43.5 Å². The van der Waals surface area contributed by atoms with Crippen LogP contribution in [-0.4, -0.2) is 27.4 Å². The average molecular weight is 567 g/mol. The minimum Gasteiger partial charge on any atom is -0.322 e. The lowest BCUT2D eigenvalue weighted by Crippen LogP contribution is -2.37. The number of hydrogen-bond acceptors (Lipinski definition) is 3. The Morgan fingerprint density at radius 3 is 2.26 bits per heavy atom. The van der Waals surface area contributed by atoms with Gasteiger partial charge in [-0.3, -0.25) is 14.4 Å². The van der Waals surface area contributed by atoms with E-state index in [1.165, 1.54) is 4.90 Å². The Bertz CT molecular complexity index is 1090. The summed E-state index contributed by atoms with van der Waals surface area (Å²) in [5, 5.41) is 3.42. The number of amides is 3. The summed E-state index contributed by atoms with van der Waals surface area (Å²) in [5.74, 6) is -1.22. The Hall–Kier alpha value is -1.70. The molecule has 1 N–H and O–H groups in total. The summed E-state index contributed by atoms with van der Waals surface area (Å²) in [4.78, 5) is 41.5. The quantitative estimate of drug-likeness (QED) is 0.411. The summed E-state index contributed by atoms with van der Waals surface area (Å²) < 4.78 is 0. The maximum Gasteiger partial charge on any atom is 0.257 e. The van der Waals surface area contributed by atoms with E-state index in [0.717, 1.165) is 12.0 Å². The van der Waals surface area contributed by atoms with Gasteiger partial charge in [0.05, 0.1) is 23.1 Å². The van der Waals surface area contributed by atoms with Gasteiger partial charge in [-0.1, -0.05) is 61.7 Å². The highest BCUT2D eigenvalue weighted by Gasteiger charge is 2.66. The summed E-state index contributed by atoms with van der Waals surface area (Å²) in [6, 6.07) is 12.0. The van der Waals surface area contributed by atoms with E-state index in [9.17, 15) is 14.4 Å². The Kier molecular flexibility index (Phi) is 5.26. The van der Waals surface area contributed by atoms with Crippen LogP contribution in [0.3, 0.4) is 0 Å². The normalized spacial score (nSPS) is 31.3. The fourth-order valence-corrected chi connectivity index (χ4v) is 7.43. The molecule has 2 saturated carbocycles.